The van der Waals surface area contributed by atoms with E-state index < -0.39 is 24.6 Å². The number of carbonyl (C=O) groups excluding carboxylic acids is 1. The molecule has 0 aromatic heterocycles. The molecule has 5 rings (SSSR count). The maximum absolute atomic E-state index is 12.5. The van der Waals surface area contributed by atoms with Crippen molar-refractivity contribution >= 4 is 5.97 Å². The van der Waals surface area contributed by atoms with Crippen molar-refractivity contribution in [3.63, 3.8) is 0 Å². The second-order valence-corrected chi connectivity index (χ2v) is 12.4. The first kappa shape index (κ1) is 29.8. The van der Waals surface area contributed by atoms with Crippen molar-refractivity contribution in [3.8, 4) is 0 Å². The summed E-state index contributed by atoms with van der Waals surface area (Å²) < 4.78 is 17.4. The first-order valence-corrected chi connectivity index (χ1v) is 15.2. The molecule has 6 atom stereocenters. The van der Waals surface area contributed by atoms with Crippen LogP contribution in [0, 0.1) is 23.7 Å². The SMILES string of the molecule is COC1=C(CO)C(=O)OC1=C1OC2=CCCN3C(C(O)CCCC(C)C)CC(Cc4ccccc4)CC3C2C1CO. The van der Waals surface area contributed by atoms with Crippen molar-refractivity contribution in [2.24, 2.45) is 23.7 Å². The monoisotopic (exact) mass is 567 g/mol. The van der Waals surface area contributed by atoms with Crippen LogP contribution in [0.25, 0.3) is 0 Å². The zero-order chi connectivity index (χ0) is 29.1. The molecule has 0 amide bonds. The first-order valence-electron chi connectivity index (χ1n) is 15.2. The Hall–Kier alpha value is -2.65. The lowest BCUT2D eigenvalue weighted by atomic mass is 9.73. The Morgan fingerprint density at radius 2 is 1.88 bits per heavy atom. The summed E-state index contributed by atoms with van der Waals surface area (Å²) in [7, 11) is 1.43. The van der Waals surface area contributed by atoms with E-state index in [1.807, 2.05) is 6.07 Å². The molecule has 2 fully saturated rings. The molecule has 2 saturated heterocycles. The smallest absolute Gasteiger partial charge is 0.345 e. The highest BCUT2D eigenvalue weighted by Gasteiger charge is 2.52. The number of aliphatic hydroxyl groups is 3. The number of cyclic esters (lactones) is 1. The molecule has 41 heavy (non-hydrogen) atoms. The van der Waals surface area contributed by atoms with Gasteiger partial charge < -0.3 is 29.5 Å². The number of fused-ring (bicyclic) bond motifs is 3. The van der Waals surface area contributed by atoms with Gasteiger partial charge in [0.2, 0.25) is 5.76 Å². The maximum Gasteiger partial charge on any atom is 0.345 e. The van der Waals surface area contributed by atoms with E-state index >= 15 is 0 Å². The number of aliphatic hydroxyl groups excluding tert-OH is 3. The second kappa shape index (κ2) is 13.1. The van der Waals surface area contributed by atoms with Crippen LogP contribution in [0.15, 0.2) is 65.0 Å². The topological polar surface area (TPSA) is 109 Å². The van der Waals surface area contributed by atoms with Crippen LogP contribution in [-0.2, 0) is 25.4 Å². The minimum atomic E-state index is -0.667. The average molecular weight is 568 g/mol. The summed E-state index contributed by atoms with van der Waals surface area (Å²) in [5.74, 6) is 1.13. The fourth-order valence-corrected chi connectivity index (χ4v) is 7.38. The van der Waals surface area contributed by atoms with Gasteiger partial charge in [-0.3, -0.25) is 4.90 Å². The van der Waals surface area contributed by atoms with Crippen LogP contribution >= 0.6 is 0 Å². The summed E-state index contributed by atoms with van der Waals surface area (Å²) >= 11 is 0. The third kappa shape index (κ3) is 6.12. The van der Waals surface area contributed by atoms with E-state index in [-0.39, 0.29) is 41.7 Å². The van der Waals surface area contributed by atoms with Gasteiger partial charge in [-0.25, -0.2) is 4.79 Å². The Balaban J connectivity index is 1.49. The quantitative estimate of drug-likeness (QED) is 0.363. The third-order valence-corrected chi connectivity index (χ3v) is 9.27. The van der Waals surface area contributed by atoms with Crippen molar-refractivity contribution in [2.75, 3.05) is 26.9 Å². The fraction of sp³-hybridized carbons (Fsp3) is 0.606. The van der Waals surface area contributed by atoms with E-state index in [1.165, 1.54) is 12.7 Å². The van der Waals surface area contributed by atoms with E-state index in [9.17, 15) is 20.1 Å². The number of ether oxygens (including phenoxy) is 3. The number of hydrogen-bond donors (Lipinski definition) is 3. The molecular weight excluding hydrogens is 522 g/mol. The van der Waals surface area contributed by atoms with Gasteiger partial charge >= 0.3 is 5.97 Å². The van der Waals surface area contributed by atoms with E-state index in [1.54, 1.807) is 0 Å². The normalized spacial score (nSPS) is 30.9. The van der Waals surface area contributed by atoms with Crippen LogP contribution in [0.3, 0.4) is 0 Å². The predicted octanol–water partition coefficient (Wildman–Crippen LogP) is 4.07. The van der Waals surface area contributed by atoms with Crippen molar-refractivity contribution < 1.29 is 34.3 Å². The number of benzene rings is 1. The first-order chi connectivity index (χ1) is 19.9. The lowest BCUT2D eigenvalue weighted by Gasteiger charge is -2.49. The summed E-state index contributed by atoms with van der Waals surface area (Å²) in [4.78, 5) is 14.9. The van der Waals surface area contributed by atoms with Crippen molar-refractivity contribution in [1.29, 1.82) is 0 Å². The van der Waals surface area contributed by atoms with E-state index in [4.69, 9.17) is 14.2 Å². The molecule has 4 aliphatic heterocycles. The molecule has 0 spiro atoms. The third-order valence-electron chi connectivity index (χ3n) is 9.27. The van der Waals surface area contributed by atoms with Gasteiger partial charge in [-0.15, -0.1) is 0 Å². The van der Waals surface area contributed by atoms with Crippen LogP contribution in [0.4, 0.5) is 0 Å². The lowest BCUT2D eigenvalue weighted by molar-refractivity contribution is -0.134. The van der Waals surface area contributed by atoms with Crippen LogP contribution in [-0.4, -0.2) is 71.2 Å². The molecule has 8 nitrogen and oxygen atoms in total. The van der Waals surface area contributed by atoms with E-state index in [0.717, 1.165) is 57.2 Å². The fourth-order valence-electron chi connectivity index (χ4n) is 7.38. The maximum atomic E-state index is 12.5. The summed E-state index contributed by atoms with van der Waals surface area (Å²) in [6.07, 6.45) is 8.03. The van der Waals surface area contributed by atoms with Gasteiger partial charge in [-0.05, 0) is 55.6 Å². The minimum absolute atomic E-state index is 0.0122. The number of nitrogens with zero attached hydrogens (tertiary/aromatic N) is 1. The molecular formula is C33H45NO7. The van der Waals surface area contributed by atoms with Gasteiger partial charge in [0.05, 0.1) is 32.3 Å². The van der Waals surface area contributed by atoms with Gasteiger partial charge in [0, 0.05) is 24.5 Å². The zero-order valence-electron chi connectivity index (χ0n) is 24.5. The average Bonchev–Trinajstić information content (AvgIpc) is 3.43. The number of carbonyl (C=O) groups is 1. The Morgan fingerprint density at radius 3 is 2.56 bits per heavy atom. The van der Waals surface area contributed by atoms with Gasteiger partial charge in [-0.1, -0.05) is 57.0 Å². The van der Waals surface area contributed by atoms with Crippen LogP contribution < -0.4 is 0 Å². The Labute approximate surface area is 243 Å². The molecule has 1 aromatic rings. The lowest BCUT2D eigenvalue weighted by Crippen LogP contribution is -2.57. The van der Waals surface area contributed by atoms with Gasteiger partial charge in [0.1, 0.15) is 11.3 Å². The summed E-state index contributed by atoms with van der Waals surface area (Å²) in [5.41, 5.74) is 1.33. The Bertz CT molecular complexity index is 1170. The second-order valence-electron chi connectivity index (χ2n) is 12.4. The molecule has 1 aromatic carbocycles. The van der Waals surface area contributed by atoms with Crippen molar-refractivity contribution in [2.45, 2.75) is 77.0 Å². The van der Waals surface area contributed by atoms with E-state index in [2.05, 4.69) is 49.1 Å². The number of hydrogen-bond acceptors (Lipinski definition) is 8. The Kier molecular flexibility index (Phi) is 9.54. The zero-order valence-corrected chi connectivity index (χ0v) is 24.5. The Morgan fingerprint density at radius 1 is 1.10 bits per heavy atom. The molecule has 4 heterocycles. The van der Waals surface area contributed by atoms with E-state index in [0.29, 0.717) is 17.6 Å². The summed E-state index contributed by atoms with van der Waals surface area (Å²) in [5, 5.41) is 32.1. The van der Waals surface area contributed by atoms with Gasteiger partial charge in [-0.2, -0.15) is 0 Å². The molecule has 0 saturated carbocycles. The standard InChI is InChI=1S/C33H45NO7/c1-20(2)9-7-12-27(37)25-16-22(15-21-10-5-4-6-11-21)17-26-29-23(18-35)31(40-28(29)13-8-14-34(25)26)32-30(39-3)24(19-36)33(38)41-32/h4-6,10-11,13,20,22-23,25-27,29,35-37H,7-9,12,14-19H2,1-3H3. The number of piperidine rings is 1. The highest BCUT2D eigenvalue weighted by molar-refractivity contribution is 5.94. The molecule has 3 N–H and O–H groups in total. The van der Waals surface area contributed by atoms with Crippen molar-refractivity contribution in [1.82, 2.24) is 4.90 Å². The predicted molar refractivity (Wildman–Crippen MR) is 154 cm³/mol. The van der Waals surface area contributed by atoms with Crippen molar-refractivity contribution in [3.05, 3.63) is 70.6 Å². The molecule has 6 unspecified atom stereocenters. The van der Waals surface area contributed by atoms with Crippen LogP contribution in [0.2, 0.25) is 0 Å². The largest absolute Gasteiger partial charge is 0.492 e. The van der Waals surface area contributed by atoms with Crippen LogP contribution in [0.1, 0.15) is 57.9 Å². The molecule has 224 valence electrons. The molecule has 8 heteroatoms. The number of rotatable bonds is 10. The molecule has 0 radical (unpaired) electrons. The number of methoxy groups -OCH3 is 1. The highest BCUT2D eigenvalue weighted by Crippen LogP contribution is 2.50. The number of esters is 1. The van der Waals surface area contributed by atoms with Gasteiger partial charge in [0.15, 0.2) is 11.5 Å². The highest BCUT2D eigenvalue weighted by atomic mass is 16.6. The van der Waals surface area contributed by atoms with Crippen LogP contribution in [0.5, 0.6) is 0 Å². The summed E-state index contributed by atoms with van der Waals surface area (Å²) in [6.45, 7) is 4.55. The molecule has 0 aliphatic carbocycles. The minimum Gasteiger partial charge on any atom is -0.492 e. The molecule has 0 bridgehead atoms. The summed E-state index contributed by atoms with van der Waals surface area (Å²) in [6, 6.07) is 10.6. The van der Waals surface area contributed by atoms with Gasteiger partial charge in [0.25, 0.3) is 0 Å². The molecule has 4 aliphatic rings.